The van der Waals surface area contributed by atoms with Gasteiger partial charge in [0.05, 0.1) is 18.1 Å². The summed E-state index contributed by atoms with van der Waals surface area (Å²) in [6, 6.07) is 0. The predicted molar refractivity (Wildman–Crippen MR) is 55.7 cm³/mol. The summed E-state index contributed by atoms with van der Waals surface area (Å²) < 4.78 is 4.83. The zero-order valence-electron chi connectivity index (χ0n) is 9.24. The fraction of sp³-hybridized carbons (Fsp3) is 0.909. The van der Waals surface area contributed by atoms with Crippen molar-refractivity contribution < 1.29 is 19.7 Å². The van der Waals surface area contributed by atoms with Gasteiger partial charge in [0.1, 0.15) is 0 Å². The van der Waals surface area contributed by atoms with Crippen LogP contribution in [-0.2, 0) is 9.53 Å². The van der Waals surface area contributed by atoms with Gasteiger partial charge in [-0.15, -0.1) is 0 Å². The molecule has 2 N–H and O–H groups in total. The molecule has 0 aromatic rings. The first kappa shape index (κ1) is 12.5. The van der Waals surface area contributed by atoms with Gasteiger partial charge in [-0.25, -0.2) is 0 Å². The number of aliphatic carboxylic acids is 1. The number of hydrogen-bond acceptors (Lipinski definition) is 3. The molecule has 4 nitrogen and oxygen atoms in total. The van der Waals surface area contributed by atoms with E-state index in [4.69, 9.17) is 4.74 Å². The Morgan fingerprint density at radius 2 is 2.00 bits per heavy atom. The van der Waals surface area contributed by atoms with Crippen LogP contribution in [0.5, 0.6) is 0 Å². The van der Waals surface area contributed by atoms with Gasteiger partial charge in [-0.1, -0.05) is 19.3 Å². The van der Waals surface area contributed by atoms with Crippen molar-refractivity contribution in [3.8, 4) is 0 Å². The maximum atomic E-state index is 11.3. The number of methoxy groups -OCH3 is 1. The van der Waals surface area contributed by atoms with Gasteiger partial charge in [-0.05, 0) is 19.3 Å². The molecule has 0 spiro atoms. The molecule has 1 fully saturated rings. The Labute approximate surface area is 90.2 Å². The van der Waals surface area contributed by atoms with Crippen LogP contribution in [0.3, 0.4) is 0 Å². The van der Waals surface area contributed by atoms with Crippen LogP contribution in [0.2, 0.25) is 0 Å². The summed E-state index contributed by atoms with van der Waals surface area (Å²) in [4.78, 5) is 11.3. The zero-order valence-corrected chi connectivity index (χ0v) is 9.24. The lowest BCUT2D eigenvalue weighted by Gasteiger charge is -2.34. The van der Waals surface area contributed by atoms with Crippen LogP contribution < -0.4 is 0 Å². The second-order valence-corrected chi connectivity index (χ2v) is 4.46. The fourth-order valence-electron chi connectivity index (χ4n) is 2.44. The van der Waals surface area contributed by atoms with Crippen molar-refractivity contribution in [1.29, 1.82) is 0 Å². The molecule has 0 aromatic heterocycles. The number of carboxylic acid groups (broad SMARTS) is 1. The smallest absolute Gasteiger partial charge is 0.309 e. The zero-order chi connectivity index (χ0) is 11.3. The Morgan fingerprint density at radius 3 is 2.47 bits per heavy atom. The van der Waals surface area contributed by atoms with Gasteiger partial charge in [0.2, 0.25) is 0 Å². The van der Waals surface area contributed by atoms with E-state index in [2.05, 4.69) is 0 Å². The molecule has 1 rings (SSSR count). The van der Waals surface area contributed by atoms with Gasteiger partial charge < -0.3 is 14.9 Å². The Hall–Kier alpha value is -0.610. The van der Waals surface area contributed by atoms with E-state index in [0.29, 0.717) is 19.3 Å². The Kier molecular flexibility index (Phi) is 4.54. The van der Waals surface area contributed by atoms with Crippen molar-refractivity contribution in [1.82, 2.24) is 0 Å². The summed E-state index contributed by atoms with van der Waals surface area (Å²) in [6.45, 7) is 0.217. The van der Waals surface area contributed by atoms with Crippen LogP contribution in [0.15, 0.2) is 0 Å². The summed E-state index contributed by atoms with van der Waals surface area (Å²) in [6.07, 6.45) is 4.03. The van der Waals surface area contributed by atoms with Gasteiger partial charge in [0.25, 0.3) is 0 Å². The molecule has 1 saturated carbocycles. The minimum absolute atomic E-state index is 0.217. The Morgan fingerprint density at radius 1 is 1.40 bits per heavy atom. The van der Waals surface area contributed by atoms with E-state index >= 15 is 0 Å². The number of carboxylic acids is 1. The quantitative estimate of drug-likeness (QED) is 0.729. The van der Waals surface area contributed by atoms with Gasteiger partial charge in [-0.2, -0.15) is 0 Å². The standard InChI is InChI=1S/C11H20O4/c1-15-8-9(12)7-11(10(13)14)5-3-2-4-6-11/h9,12H,2-8H2,1H3,(H,13,14). The molecule has 1 aliphatic carbocycles. The van der Waals surface area contributed by atoms with Crippen LogP contribution >= 0.6 is 0 Å². The fourth-order valence-corrected chi connectivity index (χ4v) is 2.44. The molecule has 0 aliphatic heterocycles. The number of aliphatic hydroxyl groups excluding tert-OH is 1. The summed E-state index contributed by atoms with van der Waals surface area (Å²) in [5.74, 6) is -0.766. The van der Waals surface area contributed by atoms with Crippen molar-refractivity contribution in [3.63, 3.8) is 0 Å². The first-order valence-corrected chi connectivity index (χ1v) is 5.51. The molecule has 0 radical (unpaired) electrons. The average molecular weight is 216 g/mol. The monoisotopic (exact) mass is 216 g/mol. The van der Waals surface area contributed by atoms with Gasteiger partial charge >= 0.3 is 5.97 Å². The lowest BCUT2D eigenvalue weighted by molar-refractivity contribution is -0.154. The molecule has 15 heavy (non-hydrogen) atoms. The highest BCUT2D eigenvalue weighted by Gasteiger charge is 2.40. The maximum Gasteiger partial charge on any atom is 0.309 e. The largest absolute Gasteiger partial charge is 0.481 e. The highest BCUT2D eigenvalue weighted by atomic mass is 16.5. The minimum Gasteiger partial charge on any atom is -0.481 e. The van der Waals surface area contributed by atoms with E-state index in [9.17, 15) is 15.0 Å². The summed E-state index contributed by atoms with van der Waals surface area (Å²) in [5.41, 5.74) is -0.712. The second-order valence-electron chi connectivity index (χ2n) is 4.46. The van der Waals surface area contributed by atoms with E-state index in [-0.39, 0.29) is 6.61 Å². The molecule has 1 unspecified atom stereocenters. The first-order chi connectivity index (χ1) is 7.10. The van der Waals surface area contributed by atoms with Crippen molar-refractivity contribution in [2.75, 3.05) is 13.7 Å². The number of aliphatic hydroxyl groups is 1. The number of ether oxygens (including phenoxy) is 1. The molecule has 0 bridgehead atoms. The lowest BCUT2D eigenvalue weighted by Crippen LogP contribution is -2.37. The first-order valence-electron chi connectivity index (χ1n) is 5.51. The average Bonchev–Trinajstić information content (AvgIpc) is 2.19. The van der Waals surface area contributed by atoms with E-state index in [1.807, 2.05) is 0 Å². The second kappa shape index (κ2) is 5.47. The summed E-state index contributed by atoms with van der Waals surface area (Å²) in [7, 11) is 1.51. The molecule has 1 aliphatic rings. The van der Waals surface area contributed by atoms with Crippen molar-refractivity contribution >= 4 is 5.97 Å². The predicted octanol–water partition coefficient (Wildman–Crippen LogP) is 1.42. The van der Waals surface area contributed by atoms with E-state index in [0.717, 1.165) is 19.3 Å². The Balaban J connectivity index is 2.60. The molecular weight excluding hydrogens is 196 g/mol. The van der Waals surface area contributed by atoms with E-state index in [1.165, 1.54) is 7.11 Å². The minimum atomic E-state index is -0.766. The third-order valence-corrected chi connectivity index (χ3v) is 3.25. The van der Waals surface area contributed by atoms with Gasteiger partial charge in [0.15, 0.2) is 0 Å². The van der Waals surface area contributed by atoms with E-state index < -0.39 is 17.5 Å². The van der Waals surface area contributed by atoms with Crippen LogP contribution in [0.25, 0.3) is 0 Å². The van der Waals surface area contributed by atoms with Crippen molar-refractivity contribution in [3.05, 3.63) is 0 Å². The summed E-state index contributed by atoms with van der Waals surface area (Å²) >= 11 is 0. The highest BCUT2D eigenvalue weighted by Crippen LogP contribution is 2.40. The van der Waals surface area contributed by atoms with Crippen molar-refractivity contribution in [2.24, 2.45) is 5.41 Å². The molecule has 0 aromatic carbocycles. The van der Waals surface area contributed by atoms with Crippen LogP contribution in [-0.4, -0.2) is 36.0 Å². The molecule has 0 saturated heterocycles. The molecule has 0 heterocycles. The molecule has 1 atom stereocenters. The topological polar surface area (TPSA) is 66.8 Å². The van der Waals surface area contributed by atoms with Crippen LogP contribution in [0.1, 0.15) is 38.5 Å². The number of carbonyl (C=O) groups is 1. The van der Waals surface area contributed by atoms with E-state index in [1.54, 1.807) is 0 Å². The van der Waals surface area contributed by atoms with Crippen LogP contribution in [0, 0.1) is 5.41 Å². The molecule has 88 valence electrons. The third kappa shape index (κ3) is 3.18. The molecule has 4 heteroatoms. The van der Waals surface area contributed by atoms with Gasteiger partial charge in [0, 0.05) is 7.11 Å². The lowest BCUT2D eigenvalue weighted by atomic mass is 9.71. The van der Waals surface area contributed by atoms with Crippen LogP contribution in [0.4, 0.5) is 0 Å². The Bertz CT molecular complexity index is 209. The number of hydrogen-bond donors (Lipinski definition) is 2. The summed E-state index contributed by atoms with van der Waals surface area (Å²) in [5, 5.41) is 18.9. The molecular formula is C11H20O4. The number of rotatable bonds is 5. The molecule has 0 amide bonds. The SMILES string of the molecule is COCC(O)CC1(C(=O)O)CCCCC1. The van der Waals surface area contributed by atoms with Crippen molar-refractivity contribution in [2.45, 2.75) is 44.6 Å². The maximum absolute atomic E-state index is 11.3. The third-order valence-electron chi connectivity index (χ3n) is 3.25. The van der Waals surface area contributed by atoms with Gasteiger partial charge in [-0.3, -0.25) is 4.79 Å². The normalized spacial score (nSPS) is 22.3. The highest BCUT2D eigenvalue weighted by molar-refractivity contribution is 5.74.